The normalized spacial score (nSPS) is 24.4. The summed E-state index contributed by atoms with van der Waals surface area (Å²) in [4.78, 5) is 0. The topological polar surface area (TPSA) is 30.5 Å². The number of nitrogens with one attached hydrogen (secondary N) is 1. The molecule has 1 atom stereocenters. The summed E-state index contributed by atoms with van der Waals surface area (Å²) >= 11 is 0. The average molecular weight is 275 g/mol. The summed E-state index contributed by atoms with van der Waals surface area (Å²) in [6, 6.07) is 6.92. The first-order chi connectivity index (χ1) is 9.65. The molecule has 1 heterocycles. The monoisotopic (exact) mass is 275 g/mol. The van der Waals surface area contributed by atoms with E-state index in [4.69, 9.17) is 9.47 Å². The van der Waals surface area contributed by atoms with Crippen molar-refractivity contribution in [2.75, 3.05) is 13.2 Å². The minimum atomic E-state index is 0.422. The molecule has 3 nitrogen and oxygen atoms in total. The van der Waals surface area contributed by atoms with Crippen LogP contribution in [0.4, 0.5) is 0 Å². The zero-order chi connectivity index (χ0) is 14.0. The number of hydrogen-bond donors (Lipinski definition) is 1. The third-order valence-electron chi connectivity index (χ3n) is 4.62. The van der Waals surface area contributed by atoms with E-state index < -0.39 is 0 Å². The molecule has 0 aromatic heterocycles. The van der Waals surface area contributed by atoms with Gasteiger partial charge < -0.3 is 14.8 Å². The third-order valence-corrected chi connectivity index (χ3v) is 4.62. The van der Waals surface area contributed by atoms with Gasteiger partial charge in [-0.05, 0) is 36.0 Å². The number of hydrogen-bond acceptors (Lipinski definition) is 3. The highest BCUT2D eigenvalue weighted by Gasteiger charge is 2.33. The van der Waals surface area contributed by atoms with Gasteiger partial charge in [0, 0.05) is 19.0 Å². The van der Waals surface area contributed by atoms with E-state index >= 15 is 0 Å². The smallest absolute Gasteiger partial charge is 0.161 e. The van der Waals surface area contributed by atoms with Crippen molar-refractivity contribution in [1.82, 2.24) is 5.32 Å². The van der Waals surface area contributed by atoms with Gasteiger partial charge in [0.25, 0.3) is 0 Å². The molecule has 0 saturated heterocycles. The minimum absolute atomic E-state index is 0.422. The average Bonchev–Trinajstić information content (AvgIpc) is 2.64. The van der Waals surface area contributed by atoms with E-state index in [1.54, 1.807) is 0 Å². The highest BCUT2D eigenvalue weighted by molar-refractivity contribution is 5.43. The molecule has 0 radical (unpaired) electrons. The van der Waals surface area contributed by atoms with Crippen molar-refractivity contribution >= 4 is 0 Å². The van der Waals surface area contributed by atoms with Crippen molar-refractivity contribution in [2.24, 2.45) is 5.41 Å². The molecule has 20 heavy (non-hydrogen) atoms. The summed E-state index contributed by atoms with van der Waals surface area (Å²) in [5.41, 5.74) is 1.70. The van der Waals surface area contributed by atoms with Crippen molar-refractivity contribution in [1.29, 1.82) is 0 Å². The van der Waals surface area contributed by atoms with Crippen LogP contribution in [0.15, 0.2) is 18.2 Å². The number of benzene rings is 1. The van der Waals surface area contributed by atoms with Crippen LogP contribution >= 0.6 is 0 Å². The number of fused-ring (bicyclic) bond motifs is 1. The Labute approximate surface area is 121 Å². The third kappa shape index (κ3) is 2.93. The van der Waals surface area contributed by atoms with E-state index in [9.17, 15) is 0 Å². The Bertz CT molecular complexity index is 470. The predicted molar refractivity (Wildman–Crippen MR) is 80.3 cm³/mol. The molecule has 1 aliphatic heterocycles. The summed E-state index contributed by atoms with van der Waals surface area (Å²) in [5, 5.41) is 3.71. The molecule has 0 bridgehead atoms. The Hall–Kier alpha value is -1.22. The van der Waals surface area contributed by atoms with Gasteiger partial charge in [-0.2, -0.15) is 0 Å². The molecule has 0 amide bonds. The maximum atomic E-state index is 5.75. The Morgan fingerprint density at radius 3 is 2.70 bits per heavy atom. The summed E-state index contributed by atoms with van der Waals surface area (Å²) < 4.78 is 11.4. The number of ether oxygens (including phenoxy) is 2. The van der Waals surface area contributed by atoms with Crippen molar-refractivity contribution in [3.8, 4) is 11.5 Å². The van der Waals surface area contributed by atoms with Crippen molar-refractivity contribution in [3.63, 3.8) is 0 Å². The van der Waals surface area contributed by atoms with Crippen LogP contribution in [0.1, 0.15) is 45.1 Å². The van der Waals surface area contributed by atoms with Gasteiger partial charge in [-0.1, -0.05) is 26.3 Å². The molecular formula is C17H25NO2. The summed E-state index contributed by atoms with van der Waals surface area (Å²) in [5.74, 6) is 1.78. The lowest BCUT2D eigenvalue weighted by molar-refractivity contribution is 0.282. The second kappa shape index (κ2) is 5.65. The van der Waals surface area contributed by atoms with Crippen molar-refractivity contribution in [2.45, 2.75) is 52.1 Å². The fourth-order valence-electron chi connectivity index (χ4n) is 3.26. The van der Waals surface area contributed by atoms with Gasteiger partial charge in [0.1, 0.15) is 0 Å². The van der Waals surface area contributed by atoms with Crippen molar-refractivity contribution < 1.29 is 9.47 Å². The van der Waals surface area contributed by atoms with E-state index in [0.29, 0.717) is 11.5 Å². The molecular weight excluding hydrogens is 250 g/mol. The molecule has 2 aliphatic rings. The van der Waals surface area contributed by atoms with Crippen LogP contribution in [-0.2, 0) is 6.54 Å². The quantitative estimate of drug-likeness (QED) is 0.915. The maximum absolute atomic E-state index is 5.75. The Balaban J connectivity index is 1.65. The second-order valence-electron chi connectivity index (χ2n) is 6.65. The Kier molecular flexibility index (Phi) is 3.88. The van der Waals surface area contributed by atoms with Gasteiger partial charge in [0.15, 0.2) is 11.5 Å². The molecule has 1 N–H and O–H groups in total. The molecule has 3 rings (SSSR count). The minimum Gasteiger partial charge on any atom is -0.490 e. The van der Waals surface area contributed by atoms with Gasteiger partial charge in [-0.3, -0.25) is 0 Å². The molecule has 1 unspecified atom stereocenters. The largest absolute Gasteiger partial charge is 0.490 e. The first kappa shape index (κ1) is 13.7. The van der Waals surface area contributed by atoms with Crippen LogP contribution < -0.4 is 14.8 Å². The highest BCUT2D eigenvalue weighted by atomic mass is 16.5. The van der Waals surface area contributed by atoms with Crippen LogP contribution in [-0.4, -0.2) is 19.3 Å². The molecule has 0 spiro atoms. The fourth-order valence-corrected chi connectivity index (χ4v) is 3.26. The van der Waals surface area contributed by atoms with Crippen LogP contribution in [0.5, 0.6) is 11.5 Å². The summed E-state index contributed by atoms with van der Waals surface area (Å²) in [7, 11) is 0. The maximum Gasteiger partial charge on any atom is 0.161 e. The van der Waals surface area contributed by atoms with Crippen LogP contribution in [0.3, 0.4) is 0 Å². The lowest BCUT2D eigenvalue weighted by Crippen LogP contribution is -2.37. The van der Waals surface area contributed by atoms with Gasteiger partial charge >= 0.3 is 0 Å². The van der Waals surface area contributed by atoms with Gasteiger partial charge in [0.05, 0.1) is 13.2 Å². The van der Waals surface area contributed by atoms with Gasteiger partial charge in [0.2, 0.25) is 0 Å². The molecule has 3 heteroatoms. The molecule has 1 aromatic carbocycles. The first-order valence-electron chi connectivity index (χ1n) is 7.77. The first-order valence-corrected chi connectivity index (χ1v) is 7.77. The van der Waals surface area contributed by atoms with Crippen LogP contribution in [0, 0.1) is 5.41 Å². The van der Waals surface area contributed by atoms with Crippen LogP contribution in [0.25, 0.3) is 0 Å². The van der Waals surface area contributed by atoms with Gasteiger partial charge in [-0.15, -0.1) is 0 Å². The summed E-state index contributed by atoms with van der Waals surface area (Å²) in [6.07, 6.45) is 4.91. The van der Waals surface area contributed by atoms with E-state index in [2.05, 4.69) is 31.3 Å². The Morgan fingerprint density at radius 1 is 1.15 bits per heavy atom. The molecule has 1 saturated carbocycles. The molecule has 1 aliphatic carbocycles. The van der Waals surface area contributed by atoms with E-state index in [1.165, 1.54) is 24.8 Å². The molecule has 1 fully saturated rings. The Morgan fingerprint density at radius 2 is 1.95 bits per heavy atom. The highest BCUT2D eigenvalue weighted by Crippen LogP contribution is 2.37. The fraction of sp³-hybridized carbons (Fsp3) is 0.647. The standard InChI is InChI=1S/C17H25NO2/c1-17(2)8-3-5-16(17)18-12-13-6-7-14-15(11-13)20-10-4-9-19-14/h6-7,11,16,18H,3-5,8-10,12H2,1-2H3. The lowest BCUT2D eigenvalue weighted by Gasteiger charge is -2.28. The van der Waals surface area contributed by atoms with E-state index in [0.717, 1.165) is 37.7 Å². The zero-order valence-electron chi connectivity index (χ0n) is 12.6. The number of rotatable bonds is 3. The molecule has 110 valence electrons. The SMILES string of the molecule is CC1(C)CCCC1NCc1ccc2c(c1)OCCCO2. The van der Waals surface area contributed by atoms with Crippen LogP contribution in [0.2, 0.25) is 0 Å². The lowest BCUT2D eigenvalue weighted by atomic mass is 9.87. The molecule has 1 aromatic rings. The second-order valence-corrected chi connectivity index (χ2v) is 6.65. The van der Waals surface area contributed by atoms with E-state index in [-0.39, 0.29) is 0 Å². The van der Waals surface area contributed by atoms with Gasteiger partial charge in [-0.25, -0.2) is 0 Å². The zero-order valence-corrected chi connectivity index (χ0v) is 12.6. The van der Waals surface area contributed by atoms with Crippen molar-refractivity contribution in [3.05, 3.63) is 23.8 Å². The summed E-state index contributed by atoms with van der Waals surface area (Å²) in [6.45, 7) is 7.14. The van der Waals surface area contributed by atoms with E-state index in [1.807, 2.05) is 6.07 Å². The predicted octanol–water partition coefficient (Wildman–Crippen LogP) is 3.52.